The first kappa shape index (κ1) is 15.9. The standard InChI is InChI=1S/C17H20BrNO2/c1-4-21-16-9-8-13(18)11-15(16)17(19-2)12-6-5-7-14(10-12)20-3/h5-11,17,19H,4H2,1-3H3. The number of ether oxygens (including phenoxy) is 2. The van der Waals surface area contributed by atoms with E-state index in [-0.39, 0.29) is 6.04 Å². The Morgan fingerprint density at radius 1 is 1.19 bits per heavy atom. The molecule has 1 atom stereocenters. The zero-order valence-corrected chi connectivity index (χ0v) is 14.1. The number of halogens is 1. The normalized spacial score (nSPS) is 12.0. The number of hydrogen-bond donors (Lipinski definition) is 1. The third kappa shape index (κ3) is 3.77. The molecule has 2 aromatic carbocycles. The van der Waals surface area contributed by atoms with E-state index < -0.39 is 0 Å². The van der Waals surface area contributed by atoms with Gasteiger partial charge < -0.3 is 14.8 Å². The molecule has 1 N–H and O–H groups in total. The van der Waals surface area contributed by atoms with E-state index in [1.165, 1.54) is 0 Å². The minimum atomic E-state index is 0.0409. The molecular weight excluding hydrogens is 330 g/mol. The first-order valence-electron chi connectivity index (χ1n) is 6.93. The monoisotopic (exact) mass is 349 g/mol. The second-order valence-electron chi connectivity index (χ2n) is 4.61. The van der Waals surface area contributed by atoms with Crippen molar-refractivity contribution in [2.24, 2.45) is 0 Å². The van der Waals surface area contributed by atoms with Gasteiger partial charge in [-0.1, -0.05) is 28.1 Å². The Hall–Kier alpha value is -1.52. The molecule has 0 aliphatic heterocycles. The van der Waals surface area contributed by atoms with Crippen LogP contribution >= 0.6 is 15.9 Å². The van der Waals surface area contributed by atoms with Crippen molar-refractivity contribution in [2.45, 2.75) is 13.0 Å². The molecule has 0 spiro atoms. The van der Waals surface area contributed by atoms with Crippen molar-refractivity contribution < 1.29 is 9.47 Å². The van der Waals surface area contributed by atoms with Crippen LogP contribution in [0, 0.1) is 0 Å². The molecule has 0 heterocycles. The summed E-state index contributed by atoms with van der Waals surface area (Å²) < 4.78 is 12.1. The van der Waals surface area contributed by atoms with Gasteiger partial charge in [-0.3, -0.25) is 0 Å². The molecule has 3 nitrogen and oxygen atoms in total. The second kappa shape index (κ2) is 7.48. The highest BCUT2D eigenvalue weighted by molar-refractivity contribution is 9.10. The van der Waals surface area contributed by atoms with Crippen molar-refractivity contribution in [3.05, 3.63) is 58.1 Å². The molecule has 2 rings (SSSR count). The van der Waals surface area contributed by atoms with Crippen LogP contribution in [0.2, 0.25) is 0 Å². The molecule has 112 valence electrons. The first-order chi connectivity index (χ1) is 10.2. The third-order valence-electron chi connectivity index (χ3n) is 3.30. The van der Waals surface area contributed by atoms with Crippen molar-refractivity contribution in [1.82, 2.24) is 5.32 Å². The summed E-state index contributed by atoms with van der Waals surface area (Å²) in [6.45, 7) is 2.63. The Morgan fingerprint density at radius 2 is 2.00 bits per heavy atom. The van der Waals surface area contributed by atoms with Crippen LogP contribution < -0.4 is 14.8 Å². The van der Waals surface area contributed by atoms with E-state index in [0.717, 1.165) is 27.1 Å². The molecule has 0 saturated heterocycles. The average molecular weight is 350 g/mol. The summed E-state index contributed by atoms with van der Waals surface area (Å²) in [6.07, 6.45) is 0. The number of hydrogen-bond acceptors (Lipinski definition) is 3. The lowest BCUT2D eigenvalue weighted by molar-refractivity contribution is 0.334. The summed E-state index contributed by atoms with van der Waals surface area (Å²) in [7, 11) is 3.62. The Balaban J connectivity index is 2.47. The zero-order valence-electron chi connectivity index (χ0n) is 12.5. The summed E-state index contributed by atoms with van der Waals surface area (Å²) >= 11 is 3.54. The smallest absolute Gasteiger partial charge is 0.124 e. The van der Waals surface area contributed by atoms with Gasteiger partial charge in [0.1, 0.15) is 11.5 Å². The number of nitrogens with one attached hydrogen (secondary N) is 1. The van der Waals surface area contributed by atoms with Crippen molar-refractivity contribution in [2.75, 3.05) is 20.8 Å². The van der Waals surface area contributed by atoms with E-state index in [1.807, 2.05) is 44.3 Å². The fourth-order valence-corrected chi connectivity index (χ4v) is 2.73. The van der Waals surface area contributed by atoms with Gasteiger partial charge in [0, 0.05) is 10.0 Å². The largest absolute Gasteiger partial charge is 0.497 e. The van der Waals surface area contributed by atoms with Gasteiger partial charge in [-0.15, -0.1) is 0 Å². The second-order valence-corrected chi connectivity index (χ2v) is 5.53. The summed E-state index contributed by atoms with van der Waals surface area (Å²) in [4.78, 5) is 0. The summed E-state index contributed by atoms with van der Waals surface area (Å²) in [6, 6.07) is 14.2. The van der Waals surface area contributed by atoms with Crippen LogP contribution in [0.3, 0.4) is 0 Å². The molecule has 0 saturated carbocycles. The van der Waals surface area contributed by atoms with E-state index in [0.29, 0.717) is 6.61 Å². The Labute approximate surface area is 134 Å². The van der Waals surface area contributed by atoms with Crippen LogP contribution in [0.4, 0.5) is 0 Å². The molecule has 0 aliphatic rings. The van der Waals surface area contributed by atoms with Crippen LogP contribution in [-0.2, 0) is 0 Å². The highest BCUT2D eigenvalue weighted by Gasteiger charge is 2.17. The molecule has 2 aromatic rings. The molecule has 1 unspecified atom stereocenters. The van der Waals surface area contributed by atoms with E-state index >= 15 is 0 Å². The van der Waals surface area contributed by atoms with E-state index in [4.69, 9.17) is 9.47 Å². The quantitative estimate of drug-likeness (QED) is 0.848. The van der Waals surface area contributed by atoms with Crippen molar-refractivity contribution in [3.8, 4) is 11.5 Å². The van der Waals surface area contributed by atoms with Crippen molar-refractivity contribution in [3.63, 3.8) is 0 Å². The van der Waals surface area contributed by atoms with Gasteiger partial charge in [-0.25, -0.2) is 0 Å². The van der Waals surface area contributed by atoms with Gasteiger partial charge in [0.05, 0.1) is 19.8 Å². The average Bonchev–Trinajstić information content (AvgIpc) is 2.51. The maximum Gasteiger partial charge on any atom is 0.124 e. The molecule has 0 bridgehead atoms. The molecule has 21 heavy (non-hydrogen) atoms. The number of methoxy groups -OCH3 is 1. The summed E-state index contributed by atoms with van der Waals surface area (Å²) in [5.41, 5.74) is 2.23. The molecule has 0 amide bonds. The lowest BCUT2D eigenvalue weighted by Gasteiger charge is -2.21. The van der Waals surface area contributed by atoms with Gasteiger partial charge >= 0.3 is 0 Å². The summed E-state index contributed by atoms with van der Waals surface area (Å²) in [5.74, 6) is 1.74. The van der Waals surface area contributed by atoms with E-state index in [1.54, 1.807) is 7.11 Å². The predicted molar refractivity (Wildman–Crippen MR) is 89.2 cm³/mol. The van der Waals surface area contributed by atoms with Gasteiger partial charge in [0.25, 0.3) is 0 Å². The van der Waals surface area contributed by atoms with E-state index in [9.17, 15) is 0 Å². The molecule has 0 aromatic heterocycles. The Morgan fingerprint density at radius 3 is 2.67 bits per heavy atom. The fourth-order valence-electron chi connectivity index (χ4n) is 2.35. The highest BCUT2D eigenvalue weighted by atomic mass is 79.9. The number of benzene rings is 2. The molecule has 0 aliphatic carbocycles. The van der Waals surface area contributed by atoms with Gasteiger partial charge in [0.15, 0.2) is 0 Å². The van der Waals surface area contributed by atoms with Crippen LogP contribution in [-0.4, -0.2) is 20.8 Å². The van der Waals surface area contributed by atoms with Crippen molar-refractivity contribution >= 4 is 15.9 Å². The molecule has 4 heteroatoms. The molecule has 0 fully saturated rings. The van der Waals surface area contributed by atoms with Crippen LogP contribution in [0.25, 0.3) is 0 Å². The predicted octanol–water partition coefficient (Wildman–Crippen LogP) is 4.17. The minimum absolute atomic E-state index is 0.0409. The van der Waals surface area contributed by atoms with E-state index in [2.05, 4.69) is 33.4 Å². The molecule has 0 radical (unpaired) electrons. The van der Waals surface area contributed by atoms with Gasteiger partial charge in [0.2, 0.25) is 0 Å². The lowest BCUT2D eigenvalue weighted by atomic mass is 9.98. The van der Waals surface area contributed by atoms with Crippen LogP contribution in [0.5, 0.6) is 11.5 Å². The Bertz CT molecular complexity index is 601. The highest BCUT2D eigenvalue weighted by Crippen LogP contribution is 2.33. The maximum absolute atomic E-state index is 5.76. The van der Waals surface area contributed by atoms with Crippen LogP contribution in [0.1, 0.15) is 24.1 Å². The zero-order chi connectivity index (χ0) is 15.2. The Kier molecular flexibility index (Phi) is 5.65. The van der Waals surface area contributed by atoms with Gasteiger partial charge in [-0.05, 0) is 49.9 Å². The first-order valence-corrected chi connectivity index (χ1v) is 7.72. The van der Waals surface area contributed by atoms with Crippen LogP contribution in [0.15, 0.2) is 46.9 Å². The third-order valence-corrected chi connectivity index (χ3v) is 3.79. The summed E-state index contributed by atoms with van der Waals surface area (Å²) in [5, 5.41) is 3.36. The minimum Gasteiger partial charge on any atom is -0.497 e. The number of rotatable bonds is 6. The molecular formula is C17H20BrNO2. The SMILES string of the molecule is CCOc1ccc(Br)cc1C(NC)c1cccc(OC)c1. The topological polar surface area (TPSA) is 30.5 Å². The maximum atomic E-state index is 5.76. The fraction of sp³-hybridized carbons (Fsp3) is 0.294. The van der Waals surface area contributed by atoms with Crippen molar-refractivity contribution in [1.29, 1.82) is 0 Å². The van der Waals surface area contributed by atoms with Gasteiger partial charge in [-0.2, -0.15) is 0 Å². The lowest BCUT2D eigenvalue weighted by Crippen LogP contribution is -2.18.